The molecule has 0 aliphatic rings. The van der Waals surface area contributed by atoms with Crippen LogP contribution in [0.2, 0.25) is 0 Å². The van der Waals surface area contributed by atoms with Crippen molar-refractivity contribution in [3.8, 4) is 5.69 Å². The Bertz CT molecular complexity index is 1230. The van der Waals surface area contributed by atoms with Crippen molar-refractivity contribution in [3.63, 3.8) is 0 Å². The summed E-state index contributed by atoms with van der Waals surface area (Å²) in [5.41, 5.74) is -0.849. The molecule has 2 aromatic heterocycles. The Morgan fingerprint density at radius 2 is 1.86 bits per heavy atom. The molecule has 29 heavy (non-hydrogen) atoms. The molecule has 0 radical (unpaired) electrons. The zero-order valence-electron chi connectivity index (χ0n) is 14.7. The van der Waals surface area contributed by atoms with Gasteiger partial charge in [-0.05, 0) is 29.8 Å². The van der Waals surface area contributed by atoms with Crippen LogP contribution in [0.25, 0.3) is 16.7 Å². The van der Waals surface area contributed by atoms with Crippen molar-refractivity contribution in [2.24, 2.45) is 0 Å². The van der Waals surface area contributed by atoms with Crippen LogP contribution in [-0.4, -0.2) is 19.7 Å². The molecular weight excluding hydrogens is 390 g/mol. The number of hydrogen-bond acceptors (Lipinski definition) is 4. The number of halogens is 4. The number of aromatic nitrogens is 4. The number of hydrogen-bond donors (Lipinski definition) is 2. The molecule has 0 unspecified atom stereocenters. The molecule has 0 aliphatic carbocycles. The van der Waals surface area contributed by atoms with Gasteiger partial charge in [0.05, 0.1) is 17.4 Å². The maximum absolute atomic E-state index is 13.2. The Morgan fingerprint density at radius 3 is 2.59 bits per heavy atom. The first kappa shape index (κ1) is 18.7. The first-order valence-electron chi connectivity index (χ1n) is 8.46. The molecule has 6 nitrogen and oxygen atoms in total. The number of para-hydroxylation sites is 1. The van der Waals surface area contributed by atoms with E-state index in [1.54, 1.807) is 24.3 Å². The number of rotatable bonds is 4. The van der Waals surface area contributed by atoms with Gasteiger partial charge in [0, 0.05) is 6.54 Å². The Balaban J connectivity index is 1.69. The molecule has 2 heterocycles. The Morgan fingerprint density at radius 1 is 1.10 bits per heavy atom. The van der Waals surface area contributed by atoms with E-state index >= 15 is 0 Å². The monoisotopic (exact) mass is 403 g/mol. The maximum atomic E-state index is 13.2. The van der Waals surface area contributed by atoms with E-state index < -0.39 is 23.1 Å². The van der Waals surface area contributed by atoms with E-state index in [0.29, 0.717) is 11.8 Å². The van der Waals surface area contributed by atoms with E-state index in [9.17, 15) is 22.4 Å². The van der Waals surface area contributed by atoms with Crippen molar-refractivity contribution in [1.82, 2.24) is 19.7 Å². The van der Waals surface area contributed by atoms with Crippen LogP contribution in [0.1, 0.15) is 11.1 Å². The quantitative estimate of drug-likeness (QED) is 0.507. The summed E-state index contributed by atoms with van der Waals surface area (Å²) in [6, 6.07) is 11.4. The van der Waals surface area contributed by atoms with E-state index in [1.807, 2.05) is 6.07 Å². The lowest BCUT2D eigenvalue weighted by Crippen LogP contribution is -2.16. The standard InChI is InChI=1S/C19H13F4N5O/c20-12-7-6-11(15(8-12)19(21,22)23)9-24-18-26-16-14(17(29)27-18)10-25-28(16)13-4-2-1-3-5-13/h1-8,10H,9H2,(H2,24,26,27,29). The number of H-pyrrole nitrogens is 1. The summed E-state index contributed by atoms with van der Waals surface area (Å²) in [4.78, 5) is 19.1. The van der Waals surface area contributed by atoms with Gasteiger partial charge in [0.15, 0.2) is 5.65 Å². The lowest BCUT2D eigenvalue weighted by Gasteiger charge is -2.14. The van der Waals surface area contributed by atoms with Crippen molar-refractivity contribution in [1.29, 1.82) is 0 Å². The summed E-state index contributed by atoms with van der Waals surface area (Å²) in [6.45, 7) is -0.316. The lowest BCUT2D eigenvalue weighted by atomic mass is 10.1. The molecule has 2 N–H and O–H groups in total. The molecule has 0 saturated heterocycles. The highest BCUT2D eigenvalue weighted by Crippen LogP contribution is 2.32. The number of benzene rings is 2. The largest absolute Gasteiger partial charge is 0.416 e. The minimum atomic E-state index is -4.71. The van der Waals surface area contributed by atoms with Gasteiger partial charge in [0.2, 0.25) is 5.95 Å². The van der Waals surface area contributed by atoms with Crippen LogP contribution in [0, 0.1) is 5.82 Å². The van der Waals surface area contributed by atoms with Gasteiger partial charge in [0.25, 0.3) is 5.56 Å². The Hall–Kier alpha value is -3.69. The number of nitrogens with zero attached hydrogens (tertiary/aromatic N) is 3. The Labute approximate surface area is 160 Å². The third kappa shape index (κ3) is 3.68. The summed E-state index contributed by atoms with van der Waals surface area (Å²) in [7, 11) is 0. The zero-order valence-corrected chi connectivity index (χ0v) is 14.7. The SMILES string of the molecule is O=c1[nH]c(NCc2ccc(F)cc2C(F)(F)F)nc2c1cnn2-c1ccccc1. The topological polar surface area (TPSA) is 75.6 Å². The van der Waals surface area contributed by atoms with Gasteiger partial charge in [-0.2, -0.15) is 23.3 Å². The normalized spacial score (nSPS) is 11.7. The predicted octanol–water partition coefficient (Wildman–Crippen LogP) is 3.88. The molecule has 0 saturated carbocycles. The molecule has 0 aliphatic heterocycles. The minimum Gasteiger partial charge on any atom is -0.352 e. The number of aromatic amines is 1. The van der Waals surface area contributed by atoms with E-state index in [1.165, 1.54) is 10.9 Å². The lowest BCUT2D eigenvalue weighted by molar-refractivity contribution is -0.138. The van der Waals surface area contributed by atoms with Crippen molar-refractivity contribution >= 4 is 17.0 Å². The highest BCUT2D eigenvalue weighted by Gasteiger charge is 2.33. The fourth-order valence-electron chi connectivity index (χ4n) is 2.91. The zero-order chi connectivity index (χ0) is 20.6. The number of fused-ring (bicyclic) bond motifs is 1. The molecule has 0 bridgehead atoms. The highest BCUT2D eigenvalue weighted by molar-refractivity contribution is 5.76. The van der Waals surface area contributed by atoms with E-state index in [2.05, 4.69) is 20.4 Å². The predicted molar refractivity (Wildman–Crippen MR) is 98.2 cm³/mol. The van der Waals surface area contributed by atoms with Crippen LogP contribution in [0.3, 0.4) is 0 Å². The number of anilines is 1. The van der Waals surface area contributed by atoms with Crippen LogP contribution >= 0.6 is 0 Å². The van der Waals surface area contributed by atoms with Crippen LogP contribution in [-0.2, 0) is 12.7 Å². The van der Waals surface area contributed by atoms with Crippen molar-refractivity contribution < 1.29 is 17.6 Å². The first-order chi connectivity index (χ1) is 13.8. The third-order valence-corrected chi connectivity index (χ3v) is 4.26. The van der Waals surface area contributed by atoms with Gasteiger partial charge < -0.3 is 5.32 Å². The van der Waals surface area contributed by atoms with Gasteiger partial charge in [-0.25, -0.2) is 9.07 Å². The molecule has 0 amide bonds. The second kappa shape index (κ2) is 7.04. The summed E-state index contributed by atoms with van der Waals surface area (Å²) in [6.07, 6.45) is -3.35. The van der Waals surface area contributed by atoms with Crippen LogP contribution in [0.15, 0.2) is 59.5 Å². The van der Waals surface area contributed by atoms with Crippen molar-refractivity contribution in [3.05, 3.63) is 82.0 Å². The molecule has 0 spiro atoms. The summed E-state index contributed by atoms with van der Waals surface area (Å²) < 4.78 is 54.1. The average molecular weight is 403 g/mol. The van der Waals surface area contributed by atoms with Crippen molar-refractivity contribution in [2.45, 2.75) is 12.7 Å². The first-order valence-corrected chi connectivity index (χ1v) is 8.46. The number of nitrogens with one attached hydrogen (secondary N) is 2. The molecule has 10 heteroatoms. The van der Waals surface area contributed by atoms with Gasteiger partial charge >= 0.3 is 6.18 Å². The summed E-state index contributed by atoms with van der Waals surface area (Å²) in [5.74, 6) is -1.02. The van der Waals surface area contributed by atoms with Gasteiger partial charge in [0.1, 0.15) is 11.2 Å². The van der Waals surface area contributed by atoms with E-state index in [-0.39, 0.29) is 29.1 Å². The average Bonchev–Trinajstić information content (AvgIpc) is 3.11. The molecule has 2 aromatic carbocycles. The number of alkyl halides is 3. The molecular formula is C19H13F4N5O. The maximum Gasteiger partial charge on any atom is 0.416 e. The molecule has 0 atom stereocenters. The smallest absolute Gasteiger partial charge is 0.352 e. The summed E-state index contributed by atoms with van der Waals surface area (Å²) >= 11 is 0. The highest BCUT2D eigenvalue weighted by atomic mass is 19.4. The second-order valence-electron chi connectivity index (χ2n) is 6.20. The fraction of sp³-hybridized carbons (Fsp3) is 0.105. The van der Waals surface area contributed by atoms with Gasteiger partial charge in [-0.15, -0.1) is 0 Å². The molecule has 148 valence electrons. The Kier molecular flexibility index (Phi) is 4.53. The third-order valence-electron chi connectivity index (χ3n) is 4.26. The molecule has 4 aromatic rings. The molecule has 4 rings (SSSR count). The van der Waals surface area contributed by atoms with E-state index in [4.69, 9.17) is 0 Å². The van der Waals surface area contributed by atoms with E-state index in [0.717, 1.165) is 12.1 Å². The summed E-state index contributed by atoms with van der Waals surface area (Å²) in [5, 5.41) is 7.06. The molecule has 0 fully saturated rings. The van der Waals surface area contributed by atoms with Gasteiger partial charge in [-0.1, -0.05) is 24.3 Å². The van der Waals surface area contributed by atoms with Gasteiger partial charge in [-0.3, -0.25) is 9.78 Å². The van der Waals surface area contributed by atoms with Crippen LogP contribution in [0.4, 0.5) is 23.5 Å². The second-order valence-corrected chi connectivity index (χ2v) is 6.20. The minimum absolute atomic E-state index is 0.0300. The fourth-order valence-corrected chi connectivity index (χ4v) is 2.91. The van der Waals surface area contributed by atoms with Crippen molar-refractivity contribution in [2.75, 3.05) is 5.32 Å². The van der Waals surface area contributed by atoms with Crippen LogP contribution in [0.5, 0.6) is 0 Å². The van der Waals surface area contributed by atoms with Crippen LogP contribution < -0.4 is 10.9 Å².